The third kappa shape index (κ3) is 3.02. The van der Waals surface area contributed by atoms with Gasteiger partial charge in [-0.25, -0.2) is 0 Å². The molecule has 0 aliphatic rings. The van der Waals surface area contributed by atoms with E-state index in [1.807, 2.05) is 25.1 Å². The molecule has 2 rings (SSSR count). The number of methoxy groups -OCH3 is 1. The molecule has 0 bridgehead atoms. The zero-order valence-corrected chi connectivity index (χ0v) is 12.7. The number of anilines is 2. The second-order valence-electron chi connectivity index (χ2n) is 5.34. The maximum atomic E-state index is 5.94. The topological polar surface area (TPSA) is 51.4 Å². The fraction of sp³-hybridized carbons (Fsp3) is 0.438. The maximum Gasteiger partial charge on any atom is 0.0727 e. The minimum absolute atomic E-state index is 0.386. The van der Waals surface area contributed by atoms with Gasteiger partial charge in [0.15, 0.2) is 0 Å². The van der Waals surface area contributed by atoms with Crippen molar-refractivity contribution in [2.45, 2.75) is 26.8 Å². The first kappa shape index (κ1) is 14.6. The Morgan fingerprint density at radius 3 is 2.70 bits per heavy atom. The van der Waals surface area contributed by atoms with Crippen molar-refractivity contribution in [2.24, 2.45) is 0 Å². The van der Waals surface area contributed by atoms with Crippen LogP contribution in [0.1, 0.15) is 19.5 Å². The van der Waals surface area contributed by atoms with Gasteiger partial charge in [-0.2, -0.15) is 0 Å². The molecule has 0 saturated heterocycles. The van der Waals surface area contributed by atoms with Crippen LogP contribution in [-0.4, -0.2) is 31.3 Å². The maximum absolute atomic E-state index is 5.94. The Morgan fingerprint density at radius 2 is 2.05 bits per heavy atom. The summed E-state index contributed by atoms with van der Waals surface area (Å²) in [5.74, 6) is 0. The molecule has 0 fully saturated rings. The van der Waals surface area contributed by atoms with Crippen LogP contribution < -0.4 is 10.6 Å². The fourth-order valence-corrected chi connectivity index (χ4v) is 2.44. The van der Waals surface area contributed by atoms with E-state index in [1.54, 1.807) is 7.11 Å². The predicted molar refractivity (Wildman–Crippen MR) is 85.3 cm³/mol. The molecule has 0 saturated carbocycles. The first-order chi connectivity index (χ1) is 9.52. The number of nitrogens with two attached hydrogens (primary N) is 1. The minimum Gasteiger partial charge on any atom is -0.399 e. The standard InChI is InChI=1S/C16H23N3O/c1-11(2)19(7-8-20-4)16-9-12(3)18-15-6-5-13(17)10-14(15)16/h5-6,9-11H,7-8,17H2,1-4H3. The van der Waals surface area contributed by atoms with Crippen LogP contribution >= 0.6 is 0 Å². The lowest BCUT2D eigenvalue weighted by molar-refractivity contribution is 0.204. The number of hydrogen-bond donors (Lipinski definition) is 1. The number of ether oxygens (including phenoxy) is 1. The highest BCUT2D eigenvalue weighted by molar-refractivity contribution is 5.94. The molecule has 0 aliphatic carbocycles. The summed E-state index contributed by atoms with van der Waals surface area (Å²) in [5, 5.41) is 1.10. The lowest BCUT2D eigenvalue weighted by Gasteiger charge is -2.30. The lowest BCUT2D eigenvalue weighted by atomic mass is 10.1. The summed E-state index contributed by atoms with van der Waals surface area (Å²) in [6.07, 6.45) is 0. The molecule has 0 aliphatic heterocycles. The lowest BCUT2D eigenvalue weighted by Crippen LogP contribution is -2.34. The zero-order valence-electron chi connectivity index (χ0n) is 12.7. The average Bonchev–Trinajstić information content (AvgIpc) is 2.39. The van der Waals surface area contributed by atoms with Crippen LogP contribution in [0.3, 0.4) is 0 Å². The second kappa shape index (κ2) is 6.09. The Balaban J connectivity index is 2.57. The molecule has 108 valence electrons. The normalized spacial score (nSPS) is 11.2. The fourth-order valence-electron chi connectivity index (χ4n) is 2.44. The number of nitrogen functional groups attached to an aromatic ring is 1. The number of pyridine rings is 1. The minimum atomic E-state index is 0.386. The van der Waals surface area contributed by atoms with Gasteiger partial charge in [-0.3, -0.25) is 4.98 Å². The molecule has 0 unspecified atom stereocenters. The number of aryl methyl sites for hydroxylation is 1. The molecule has 2 N–H and O–H groups in total. The summed E-state index contributed by atoms with van der Waals surface area (Å²) in [4.78, 5) is 6.92. The van der Waals surface area contributed by atoms with Gasteiger partial charge >= 0.3 is 0 Å². The molecule has 1 aromatic carbocycles. The number of aromatic nitrogens is 1. The monoisotopic (exact) mass is 273 g/mol. The van der Waals surface area contributed by atoms with Gasteiger partial charge in [0.2, 0.25) is 0 Å². The van der Waals surface area contributed by atoms with Crippen molar-refractivity contribution in [1.29, 1.82) is 0 Å². The van der Waals surface area contributed by atoms with Crippen molar-refractivity contribution in [1.82, 2.24) is 4.98 Å². The van der Waals surface area contributed by atoms with Gasteiger partial charge in [0.25, 0.3) is 0 Å². The van der Waals surface area contributed by atoms with Crippen molar-refractivity contribution >= 4 is 22.3 Å². The summed E-state index contributed by atoms with van der Waals surface area (Å²) in [5.41, 5.74) is 9.87. The summed E-state index contributed by atoms with van der Waals surface area (Å²) in [6.45, 7) is 7.94. The third-order valence-electron chi connectivity index (χ3n) is 3.41. The van der Waals surface area contributed by atoms with Gasteiger partial charge in [0, 0.05) is 42.2 Å². The summed E-state index contributed by atoms with van der Waals surface area (Å²) < 4.78 is 5.23. The van der Waals surface area contributed by atoms with E-state index in [1.165, 1.54) is 5.69 Å². The van der Waals surface area contributed by atoms with Gasteiger partial charge in [-0.15, -0.1) is 0 Å². The first-order valence-electron chi connectivity index (χ1n) is 6.95. The first-order valence-corrected chi connectivity index (χ1v) is 6.95. The molecule has 0 spiro atoms. The highest BCUT2D eigenvalue weighted by Crippen LogP contribution is 2.29. The van der Waals surface area contributed by atoms with E-state index in [0.29, 0.717) is 12.6 Å². The molecular formula is C16H23N3O. The van der Waals surface area contributed by atoms with E-state index in [0.717, 1.165) is 28.8 Å². The molecule has 1 aromatic heterocycles. The number of rotatable bonds is 5. The SMILES string of the molecule is COCCN(c1cc(C)nc2ccc(N)cc12)C(C)C. The van der Waals surface area contributed by atoms with E-state index in [-0.39, 0.29) is 0 Å². The average molecular weight is 273 g/mol. The molecular weight excluding hydrogens is 250 g/mol. The summed E-state index contributed by atoms with van der Waals surface area (Å²) >= 11 is 0. The van der Waals surface area contributed by atoms with E-state index < -0.39 is 0 Å². The van der Waals surface area contributed by atoms with Crippen LogP contribution in [-0.2, 0) is 4.74 Å². The Labute approximate surface area is 120 Å². The van der Waals surface area contributed by atoms with Gasteiger partial charge in [0.05, 0.1) is 12.1 Å². The third-order valence-corrected chi connectivity index (χ3v) is 3.41. The number of benzene rings is 1. The van der Waals surface area contributed by atoms with E-state index in [4.69, 9.17) is 10.5 Å². The number of fused-ring (bicyclic) bond motifs is 1. The molecule has 4 heteroatoms. The van der Waals surface area contributed by atoms with Crippen molar-refractivity contribution < 1.29 is 4.74 Å². The van der Waals surface area contributed by atoms with Crippen molar-refractivity contribution in [2.75, 3.05) is 30.9 Å². The van der Waals surface area contributed by atoms with E-state index >= 15 is 0 Å². The molecule has 0 atom stereocenters. The van der Waals surface area contributed by atoms with E-state index in [2.05, 4.69) is 29.8 Å². The molecule has 20 heavy (non-hydrogen) atoms. The Hall–Kier alpha value is -1.81. The largest absolute Gasteiger partial charge is 0.399 e. The van der Waals surface area contributed by atoms with Gasteiger partial charge in [-0.05, 0) is 45.0 Å². The highest BCUT2D eigenvalue weighted by atomic mass is 16.5. The van der Waals surface area contributed by atoms with Gasteiger partial charge in [0.1, 0.15) is 0 Å². The second-order valence-corrected chi connectivity index (χ2v) is 5.34. The smallest absolute Gasteiger partial charge is 0.0727 e. The Morgan fingerprint density at radius 1 is 1.30 bits per heavy atom. The van der Waals surface area contributed by atoms with Crippen LogP contribution in [0.4, 0.5) is 11.4 Å². The van der Waals surface area contributed by atoms with Gasteiger partial charge in [-0.1, -0.05) is 0 Å². The molecule has 1 heterocycles. The molecule has 0 amide bonds. The zero-order chi connectivity index (χ0) is 14.7. The van der Waals surface area contributed by atoms with Crippen molar-refractivity contribution in [3.05, 3.63) is 30.0 Å². The van der Waals surface area contributed by atoms with Gasteiger partial charge < -0.3 is 15.4 Å². The molecule has 0 radical (unpaired) electrons. The molecule has 2 aromatic rings. The van der Waals surface area contributed by atoms with Crippen LogP contribution in [0.15, 0.2) is 24.3 Å². The highest BCUT2D eigenvalue weighted by Gasteiger charge is 2.15. The molecule has 4 nitrogen and oxygen atoms in total. The predicted octanol–water partition coefficient (Wildman–Crippen LogP) is 2.99. The van der Waals surface area contributed by atoms with Crippen molar-refractivity contribution in [3.63, 3.8) is 0 Å². The van der Waals surface area contributed by atoms with Crippen LogP contribution in [0.25, 0.3) is 10.9 Å². The number of nitrogens with zero attached hydrogens (tertiary/aromatic N) is 2. The van der Waals surface area contributed by atoms with Crippen LogP contribution in [0, 0.1) is 6.92 Å². The number of hydrogen-bond acceptors (Lipinski definition) is 4. The Kier molecular flexibility index (Phi) is 4.45. The Bertz CT molecular complexity index is 596. The van der Waals surface area contributed by atoms with Crippen LogP contribution in [0.5, 0.6) is 0 Å². The quantitative estimate of drug-likeness (QED) is 0.851. The van der Waals surface area contributed by atoms with Crippen LogP contribution in [0.2, 0.25) is 0 Å². The summed E-state index contributed by atoms with van der Waals surface area (Å²) in [7, 11) is 1.73. The summed E-state index contributed by atoms with van der Waals surface area (Å²) in [6, 6.07) is 8.39. The van der Waals surface area contributed by atoms with E-state index in [9.17, 15) is 0 Å². The van der Waals surface area contributed by atoms with Crippen molar-refractivity contribution in [3.8, 4) is 0 Å².